The average Bonchev–Trinajstić information content (AvgIpc) is 2.35. The molecule has 1 unspecified atom stereocenters. The Morgan fingerprint density at radius 2 is 2.10 bits per heavy atom. The van der Waals surface area contributed by atoms with Gasteiger partial charge in [0.05, 0.1) is 6.54 Å². The lowest BCUT2D eigenvalue weighted by Gasteiger charge is -2.36. The third-order valence-electron chi connectivity index (χ3n) is 3.74. The second kappa shape index (κ2) is 6.04. The Bertz CT molecular complexity index is 459. The van der Waals surface area contributed by atoms with E-state index in [1.54, 1.807) is 18.2 Å². The fourth-order valence-electron chi connectivity index (χ4n) is 3.02. The zero-order chi connectivity index (χ0) is 14.8. The average molecular weight is 287 g/mol. The molecule has 1 N–H and O–H groups in total. The first-order valence-corrected chi connectivity index (χ1v) is 7.03. The minimum absolute atomic E-state index is 0.183. The van der Waals surface area contributed by atoms with Crippen LogP contribution in [0.15, 0.2) is 18.2 Å². The van der Waals surface area contributed by atoms with Crippen molar-refractivity contribution in [1.29, 1.82) is 0 Å². The highest BCUT2D eigenvalue weighted by Gasteiger charge is 2.35. The lowest BCUT2D eigenvalue weighted by Crippen LogP contribution is -2.39. The molecule has 2 rings (SSSR count). The maximum atomic E-state index is 12.7. The maximum Gasteiger partial charge on any atom is 0.401 e. The summed E-state index contributed by atoms with van der Waals surface area (Å²) in [5.41, 5.74) is 1.91. The van der Waals surface area contributed by atoms with Crippen LogP contribution in [0.1, 0.15) is 43.4 Å². The van der Waals surface area contributed by atoms with Crippen LogP contribution in [0.2, 0.25) is 0 Å². The number of nitrogens with zero attached hydrogens (tertiary/aromatic N) is 1. The van der Waals surface area contributed by atoms with Crippen molar-refractivity contribution in [1.82, 2.24) is 4.90 Å². The van der Waals surface area contributed by atoms with Gasteiger partial charge >= 0.3 is 6.18 Å². The number of hydrogen-bond donors (Lipinski definition) is 1. The number of aromatic hydroxyl groups is 1. The minimum atomic E-state index is -4.18. The van der Waals surface area contributed by atoms with Gasteiger partial charge in [-0.25, -0.2) is 0 Å². The van der Waals surface area contributed by atoms with E-state index in [0.29, 0.717) is 13.0 Å². The summed E-state index contributed by atoms with van der Waals surface area (Å²) in [4.78, 5) is 1.52. The monoisotopic (exact) mass is 287 g/mol. The summed E-state index contributed by atoms with van der Waals surface area (Å²) in [7, 11) is 0. The van der Waals surface area contributed by atoms with Crippen LogP contribution in [0, 0.1) is 0 Å². The van der Waals surface area contributed by atoms with Crippen molar-refractivity contribution in [2.75, 3.05) is 13.1 Å². The number of rotatable bonds is 4. The molecule has 0 amide bonds. The van der Waals surface area contributed by atoms with Gasteiger partial charge in [-0.05, 0) is 55.5 Å². The number of fused-ring (bicyclic) bond motifs is 1. The zero-order valence-corrected chi connectivity index (χ0v) is 11.6. The maximum absolute atomic E-state index is 12.7. The molecule has 0 bridgehead atoms. The van der Waals surface area contributed by atoms with Crippen LogP contribution in [0.25, 0.3) is 0 Å². The van der Waals surface area contributed by atoms with E-state index < -0.39 is 12.7 Å². The first-order chi connectivity index (χ1) is 9.40. The van der Waals surface area contributed by atoms with Crippen molar-refractivity contribution in [2.24, 2.45) is 0 Å². The van der Waals surface area contributed by atoms with Gasteiger partial charge in [-0.2, -0.15) is 13.2 Å². The highest BCUT2D eigenvalue weighted by Crippen LogP contribution is 2.37. The molecule has 5 heteroatoms. The third-order valence-corrected chi connectivity index (χ3v) is 3.74. The molecular formula is C15H20F3NO. The second-order valence-electron chi connectivity index (χ2n) is 5.38. The van der Waals surface area contributed by atoms with Crippen LogP contribution < -0.4 is 0 Å². The van der Waals surface area contributed by atoms with Crippen molar-refractivity contribution >= 4 is 0 Å². The Kier molecular flexibility index (Phi) is 4.58. The smallest absolute Gasteiger partial charge is 0.401 e. The Morgan fingerprint density at radius 1 is 1.35 bits per heavy atom. The Hall–Kier alpha value is -1.23. The Balaban J connectivity index is 2.26. The van der Waals surface area contributed by atoms with E-state index in [0.717, 1.165) is 30.4 Å². The minimum Gasteiger partial charge on any atom is -0.508 e. The van der Waals surface area contributed by atoms with Crippen LogP contribution >= 0.6 is 0 Å². The van der Waals surface area contributed by atoms with Crippen molar-refractivity contribution < 1.29 is 18.3 Å². The fourth-order valence-corrected chi connectivity index (χ4v) is 3.02. The van der Waals surface area contributed by atoms with Gasteiger partial charge in [0, 0.05) is 6.04 Å². The lowest BCUT2D eigenvalue weighted by molar-refractivity contribution is -0.152. The van der Waals surface area contributed by atoms with Crippen LogP contribution in [-0.2, 0) is 6.42 Å². The summed E-state index contributed by atoms with van der Waals surface area (Å²) in [6.45, 7) is 1.46. The fraction of sp³-hybridized carbons (Fsp3) is 0.600. The Morgan fingerprint density at radius 3 is 2.75 bits per heavy atom. The SMILES string of the molecule is CCCN(CC(F)(F)F)C1CCCc2cc(O)ccc21. The normalized spacial score (nSPS) is 19.1. The number of phenols is 1. The van der Waals surface area contributed by atoms with E-state index in [1.165, 1.54) is 4.90 Å². The van der Waals surface area contributed by atoms with Gasteiger partial charge in [-0.3, -0.25) is 4.90 Å². The van der Waals surface area contributed by atoms with E-state index in [1.807, 2.05) is 6.92 Å². The van der Waals surface area contributed by atoms with Gasteiger partial charge in [-0.1, -0.05) is 13.0 Å². The van der Waals surface area contributed by atoms with Gasteiger partial charge in [-0.15, -0.1) is 0 Å². The number of halogens is 3. The summed E-state index contributed by atoms with van der Waals surface area (Å²) in [5, 5.41) is 9.51. The number of benzene rings is 1. The molecule has 1 atom stereocenters. The molecule has 0 spiro atoms. The van der Waals surface area contributed by atoms with Gasteiger partial charge in [0.15, 0.2) is 0 Å². The molecule has 112 valence electrons. The second-order valence-corrected chi connectivity index (χ2v) is 5.38. The first kappa shape index (κ1) is 15.2. The van der Waals surface area contributed by atoms with Crippen LogP contribution in [0.3, 0.4) is 0 Å². The highest BCUT2D eigenvalue weighted by atomic mass is 19.4. The predicted octanol–water partition coefficient (Wildman–Crippen LogP) is 4.04. The van der Waals surface area contributed by atoms with Crippen LogP contribution in [0.5, 0.6) is 5.75 Å². The molecule has 0 fully saturated rings. The number of hydrogen-bond acceptors (Lipinski definition) is 2. The van der Waals surface area contributed by atoms with E-state index in [-0.39, 0.29) is 11.8 Å². The molecule has 20 heavy (non-hydrogen) atoms. The molecule has 0 saturated heterocycles. The molecule has 2 nitrogen and oxygen atoms in total. The van der Waals surface area contributed by atoms with Crippen LogP contribution in [-0.4, -0.2) is 29.3 Å². The zero-order valence-electron chi connectivity index (χ0n) is 11.6. The van der Waals surface area contributed by atoms with Gasteiger partial charge in [0.25, 0.3) is 0 Å². The summed E-state index contributed by atoms with van der Waals surface area (Å²) in [5.74, 6) is 0.183. The summed E-state index contributed by atoms with van der Waals surface area (Å²) in [6, 6.07) is 4.82. The molecule has 1 aliphatic carbocycles. The van der Waals surface area contributed by atoms with Gasteiger partial charge in [0.2, 0.25) is 0 Å². The van der Waals surface area contributed by atoms with Crippen molar-refractivity contribution in [3.8, 4) is 5.75 Å². The van der Waals surface area contributed by atoms with Crippen LogP contribution in [0.4, 0.5) is 13.2 Å². The van der Waals surface area contributed by atoms with Gasteiger partial charge < -0.3 is 5.11 Å². The molecule has 1 aromatic carbocycles. The largest absolute Gasteiger partial charge is 0.508 e. The molecular weight excluding hydrogens is 267 g/mol. The standard InChI is InChI=1S/C15H20F3NO/c1-2-8-19(10-15(16,17)18)14-5-3-4-11-9-12(20)6-7-13(11)14/h6-7,9,14,20H,2-5,8,10H2,1H3. The summed E-state index contributed by atoms with van der Waals surface area (Å²) >= 11 is 0. The highest BCUT2D eigenvalue weighted by molar-refractivity contribution is 5.38. The molecule has 1 aliphatic rings. The number of phenolic OH excluding ortho intramolecular Hbond substituents is 1. The topological polar surface area (TPSA) is 23.5 Å². The Labute approximate surface area is 117 Å². The molecule has 0 saturated carbocycles. The van der Waals surface area contributed by atoms with E-state index in [4.69, 9.17) is 0 Å². The lowest BCUT2D eigenvalue weighted by atomic mass is 9.86. The van der Waals surface area contributed by atoms with E-state index in [2.05, 4.69) is 0 Å². The van der Waals surface area contributed by atoms with Gasteiger partial charge in [0.1, 0.15) is 5.75 Å². The molecule has 0 heterocycles. The molecule has 0 aromatic heterocycles. The van der Waals surface area contributed by atoms with Crippen molar-refractivity contribution in [3.63, 3.8) is 0 Å². The number of alkyl halides is 3. The van der Waals surface area contributed by atoms with E-state index in [9.17, 15) is 18.3 Å². The summed E-state index contributed by atoms with van der Waals surface area (Å²) in [6.07, 6.45) is -1.05. The molecule has 0 aliphatic heterocycles. The quantitative estimate of drug-likeness (QED) is 0.903. The van der Waals surface area contributed by atoms with Crippen molar-refractivity contribution in [2.45, 2.75) is 44.8 Å². The first-order valence-electron chi connectivity index (χ1n) is 7.03. The molecule has 1 aromatic rings. The molecule has 0 radical (unpaired) electrons. The number of aryl methyl sites for hydroxylation is 1. The summed E-state index contributed by atoms with van der Waals surface area (Å²) < 4.78 is 38.2. The van der Waals surface area contributed by atoms with Crippen molar-refractivity contribution in [3.05, 3.63) is 29.3 Å². The predicted molar refractivity (Wildman–Crippen MR) is 71.7 cm³/mol. The van der Waals surface area contributed by atoms with E-state index >= 15 is 0 Å². The third kappa shape index (κ3) is 3.66.